The Morgan fingerprint density at radius 3 is 2.42 bits per heavy atom. The Labute approximate surface area is 198 Å². The zero-order chi connectivity index (χ0) is 23.2. The number of fused-ring (bicyclic) bond motifs is 1. The normalized spacial score (nSPS) is 28.3. The van der Waals surface area contributed by atoms with Gasteiger partial charge in [0.05, 0.1) is 0 Å². The van der Waals surface area contributed by atoms with Crippen LogP contribution in [0, 0.1) is 11.8 Å². The van der Waals surface area contributed by atoms with E-state index in [1.165, 1.54) is 5.56 Å². The molecule has 178 valence electrons. The van der Waals surface area contributed by atoms with E-state index in [4.69, 9.17) is 22.3 Å². The van der Waals surface area contributed by atoms with Crippen molar-refractivity contribution in [2.75, 3.05) is 6.54 Å². The van der Waals surface area contributed by atoms with Gasteiger partial charge in [-0.1, -0.05) is 23.7 Å². The molecule has 2 fully saturated rings. The Morgan fingerprint density at radius 2 is 1.79 bits per heavy atom. The van der Waals surface area contributed by atoms with Gasteiger partial charge >= 0.3 is 6.18 Å². The molecule has 2 saturated carbocycles. The molecule has 1 aromatic heterocycles. The summed E-state index contributed by atoms with van der Waals surface area (Å²) in [5.74, 6) is 1.37. The van der Waals surface area contributed by atoms with Crippen molar-refractivity contribution in [3.05, 3.63) is 57.6 Å². The third kappa shape index (κ3) is 4.66. The highest BCUT2D eigenvalue weighted by atomic mass is 35.5. The van der Waals surface area contributed by atoms with Crippen molar-refractivity contribution in [3.63, 3.8) is 0 Å². The minimum Gasteiger partial charge on any atom is -0.330 e. The first-order valence-electron chi connectivity index (χ1n) is 12.2. The number of nitrogens with zero attached hydrogens (tertiary/aromatic N) is 2. The van der Waals surface area contributed by atoms with Gasteiger partial charge in [0.2, 0.25) is 0 Å². The van der Waals surface area contributed by atoms with Crippen LogP contribution in [0.3, 0.4) is 0 Å². The van der Waals surface area contributed by atoms with E-state index in [1.54, 1.807) is 0 Å². The maximum atomic E-state index is 13.8. The molecule has 1 atom stereocenters. The number of rotatable bonds is 4. The summed E-state index contributed by atoms with van der Waals surface area (Å²) in [6.45, 7) is 0.584. The van der Waals surface area contributed by atoms with Crippen molar-refractivity contribution in [2.24, 2.45) is 17.6 Å². The van der Waals surface area contributed by atoms with Gasteiger partial charge in [-0.25, -0.2) is 9.97 Å². The Morgan fingerprint density at radius 1 is 1.03 bits per heavy atom. The highest BCUT2D eigenvalue weighted by Gasteiger charge is 2.42. The average molecular weight is 478 g/mol. The molecule has 33 heavy (non-hydrogen) atoms. The van der Waals surface area contributed by atoms with E-state index >= 15 is 0 Å². The van der Waals surface area contributed by atoms with Crippen LogP contribution in [0.15, 0.2) is 24.3 Å². The standard InChI is InChI=1S/C26H31ClF3N3/c27-20-5-2-4-19(14-20)25(15-31)11-9-16(10-12-25)18-3-1-6-21-22(13-18)32-24(17-7-8-17)33-23(21)26(28,29)30/h2,4-5,14,16-18H,1,3,6-13,15,31H2. The highest BCUT2D eigenvalue weighted by molar-refractivity contribution is 6.30. The SMILES string of the molecule is NCC1(c2cccc(Cl)c2)CCC(C2CCCc3c(nc(C4CC4)nc3C(F)(F)F)C2)CC1. The minimum absolute atomic E-state index is 0.0607. The van der Waals surface area contributed by atoms with E-state index in [-0.39, 0.29) is 11.3 Å². The lowest BCUT2D eigenvalue weighted by atomic mass is 9.63. The van der Waals surface area contributed by atoms with Gasteiger partial charge in [-0.3, -0.25) is 0 Å². The summed E-state index contributed by atoms with van der Waals surface area (Å²) in [6, 6.07) is 8.03. The molecule has 0 aliphatic heterocycles. The quantitative estimate of drug-likeness (QED) is 0.504. The van der Waals surface area contributed by atoms with Crippen molar-refractivity contribution in [1.82, 2.24) is 9.97 Å². The predicted molar refractivity (Wildman–Crippen MR) is 123 cm³/mol. The first-order valence-corrected chi connectivity index (χ1v) is 12.6. The highest BCUT2D eigenvalue weighted by Crippen LogP contribution is 2.47. The van der Waals surface area contributed by atoms with Gasteiger partial charge in [0.25, 0.3) is 0 Å². The van der Waals surface area contributed by atoms with Crippen LogP contribution in [0.1, 0.15) is 85.6 Å². The van der Waals surface area contributed by atoms with Crippen molar-refractivity contribution in [2.45, 2.75) is 81.7 Å². The van der Waals surface area contributed by atoms with Crippen LogP contribution < -0.4 is 5.73 Å². The van der Waals surface area contributed by atoms with Crippen LogP contribution in [0.5, 0.6) is 0 Å². The van der Waals surface area contributed by atoms with Crippen LogP contribution in [0.4, 0.5) is 13.2 Å². The van der Waals surface area contributed by atoms with Crippen molar-refractivity contribution >= 4 is 11.6 Å². The number of halogens is 4. The van der Waals surface area contributed by atoms with Gasteiger partial charge in [0, 0.05) is 34.2 Å². The van der Waals surface area contributed by atoms with Gasteiger partial charge in [-0.15, -0.1) is 0 Å². The lowest BCUT2D eigenvalue weighted by Gasteiger charge is -2.42. The van der Waals surface area contributed by atoms with Crippen LogP contribution in [0.25, 0.3) is 0 Å². The summed E-state index contributed by atoms with van der Waals surface area (Å²) in [6.07, 6.45) is 4.20. The molecule has 7 heteroatoms. The second kappa shape index (κ2) is 8.84. The molecule has 0 amide bonds. The molecule has 3 nitrogen and oxygen atoms in total. The monoisotopic (exact) mass is 477 g/mol. The molecule has 3 aliphatic carbocycles. The predicted octanol–water partition coefficient (Wildman–Crippen LogP) is 6.61. The largest absolute Gasteiger partial charge is 0.433 e. The Kier molecular flexibility index (Phi) is 6.19. The molecule has 2 N–H and O–H groups in total. The fraction of sp³-hybridized carbons (Fsp3) is 0.615. The van der Waals surface area contributed by atoms with Crippen LogP contribution >= 0.6 is 11.6 Å². The Hall–Kier alpha value is -1.66. The molecule has 0 saturated heterocycles. The molecule has 1 aromatic carbocycles. The summed E-state index contributed by atoms with van der Waals surface area (Å²) in [7, 11) is 0. The molecule has 2 aromatic rings. The van der Waals surface area contributed by atoms with Gasteiger partial charge < -0.3 is 5.73 Å². The summed E-state index contributed by atoms with van der Waals surface area (Å²) >= 11 is 6.25. The fourth-order valence-electron chi connectivity index (χ4n) is 6.13. The lowest BCUT2D eigenvalue weighted by molar-refractivity contribution is -0.142. The van der Waals surface area contributed by atoms with E-state index in [9.17, 15) is 13.2 Å². The van der Waals surface area contributed by atoms with E-state index < -0.39 is 11.9 Å². The molecule has 1 heterocycles. The molecule has 3 aliphatic rings. The van der Waals surface area contributed by atoms with E-state index in [1.807, 2.05) is 18.2 Å². The van der Waals surface area contributed by atoms with Crippen LogP contribution in [0.2, 0.25) is 5.02 Å². The summed E-state index contributed by atoms with van der Waals surface area (Å²) in [5.41, 5.74) is 7.75. The van der Waals surface area contributed by atoms with Gasteiger partial charge in [0.15, 0.2) is 5.69 Å². The summed E-state index contributed by atoms with van der Waals surface area (Å²) in [4.78, 5) is 8.72. The maximum absolute atomic E-state index is 13.8. The number of benzene rings is 1. The van der Waals surface area contributed by atoms with Gasteiger partial charge in [-0.05, 0) is 93.7 Å². The molecule has 1 unspecified atom stereocenters. The number of aromatic nitrogens is 2. The zero-order valence-electron chi connectivity index (χ0n) is 18.8. The number of hydrogen-bond donors (Lipinski definition) is 1. The smallest absolute Gasteiger partial charge is 0.330 e. The van der Waals surface area contributed by atoms with Gasteiger partial charge in [-0.2, -0.15) is 13.2 Å². The molecule has 0 radical (unpaired) electrons. The molecule has 0 bridgehead atoms. The van der Waals surface area contributed by atoms with E-state index in [0.717, 1.165) is 56.4 Å². The first kappa shape index (κ1) is 23.1. The third-order valence-corrected chi connectivity index (χ3v) is 8.50. The maximum Gasteiger partial charge on any atom is 0.433 e. The van der Waals surface area contributed by atoms with E-state index in [2.05, 4.69) is 11.1 Å². The number of alkyl halides is 3. The Bertz CT molecular complexity index is 1010. The van der Waals surface area contributed by atoms with Crippen LogP contribution in [-0.2, 0) is 24.4 Å². The minimum atomic E-state index is -4.42. The van der Waals surface area contributed by atoms with Crippen LogP contribution in [-0.4, -0.2) is 16.5 Å². The first-order chi connectivity index (χ1) is 15.8. The number of nitrogens with two attached hydrogens (primary N) is 1. The zero-order valence-corrected chi connectivity index (χ0v) is 19.6. The second-order valence-electron chi connectivity index (χ2n) is 10.3. The van der Waals surface area contributed by atoms with Crippen molar-refractivity contribution in [3.8, 4) is 0 Å². The molecular weight excluding hydrogens is 447 g/mol. The fourth-order valence-corrected chi connectivity index (χ4v) is 6.32. The molecule has 5 rings (SSSR count). The average Bonchev–Trinajstić information content (AvgIpc) is 3.64. The number of hydrogen-bond acceptors (Lipinski definition) is 3. The van der Waals surface area contributed by atoms with Crippen molar-refractivity contribution < 1.29 is 13.2 Å². The topological polar surface area (TPSA) is 51.8 Å². The Balaban J connectivity index is 1.37. The lowest BCUT2D eigenvalue weighted by Crippen LogP contribution is -2.40. The summed E-state index contributed by atoms with van der Waals surface area (Å²) < 4.78 is 41.5. The second-order valence-corrected chi connectivity index (χ2v) is 10.8. The molecule has 0 spiro atoms. The summed E-state index contributed by atoms with van der Waals surface area (Å²) in [5, 5.41) is 0.731. The molecular formula is C26H31ClF3N3. The van der Waals surface area contributed by atoms with Crippen molar-refractivity contribution in [1.29, 1.82) is 0 Å². The van der Waals surface area contributed by atoms with Gasteiger partial charge in [0.1, 0.15) is 5.82 Å². The van der Waals surface area contributed by atoms with E-state index in [0.29, 0.717) is 48.3 Å². The third-order valence-electron chi connectivity index (χ3n) is 8.26.